The van der Waals surface area contributed by atoms with Crippen molar-refractivity contribution in [2.45, 2.75) is 11.5 Å². The molecule has 0 atom stereocenters. The average Bonchev–Trinajstić information content (AvgIpc) is 2.38. The molecule has 1 heterocycles. The smallest absolute Gasteiger partial charge is 0.364 e. The van der Waals surface area contributed by atoms with E-state index in [2.05, 4.69) is 15.9 Å². The second-order valence-electron chi connectivity index (χ2n) is 4.92. The van der Waals surface area contributed by atoms with Crippen molar-refractivity contribution in [2.24, 2.45) is 0 Å². The van der Waals surface area contributed by atoms with Gasteiger partial charge in [-0.1, -0.05) is 15.9 Å². The van der Waals surface area contributed by atoms with Gasteiger partial charge in [-0.2, -0.15) is 13.2 Å². The summed E-state index contributed by atoms with van der Waals surface area (Å²) < 4.78 is 64.8. The van der Waals surface area contributed by atoms with Crippen molar-refractivity contribution in [3.8, 4) is 0 Å². The van der Waals surface area contributed by atoms with Gasteiger partial charge < -0.3 is 4.90 Å². The Hall–Kier alpha value is -0.890. The molecule has 0 saturated carbocycles. The molecule has 2 rings (SSSR count). The highest BCUT2D eigenvalue weighted by molar-refractivity contribution is 9.08. The van der Waals surface area contributed by atoms with E-state index in [4.69, 9.17) is 0 Å². The third-order valence-electron chi connectivity index (χ3n) is 3.32. The van der Waals surface area contributed by atoms with Crippen LogP contribution in [0, 0.1) is 11.6 Å². The van der Waals surface area contributed by atoms with Crippen molar-refractivity contribution < 1.29 is 22.0 Å². The Morgan fingerprint density at radius 1 is 1.00 bits per heavy atom. The molecule has 1 saturated heterocycles. The topological polar surface area (TPSA) is 6.48 Å². The molecule has 0 aliphatic carbocycles. The summed E-state index contributed by atoms with van der Waals surface area (Å²) in [5, 5.41) is 0.334. The molecule has 0 bridgehead atoms. The van der Waals surface area contributed by atoms with Crippen LogP contribution >= 0.6 is 15.9 Å². The molecule has 8 heteroatoms. The molecule has 0 aromatic heterocycles. The van der Waals surface area contributed by atoms with Crippen molar-refractivity contribution >= 4 is 21.6 Å². The number of benzene rings is 1. The molecule has 1 fully saturated rings. The van der Waals surface area contributed by atoms with Crippen LogP contribution < -0.4 is 4.90 Å². The SMILES string of the molecule is Fc1cc(CBr)cc(F)c1N1CCN(CC(F)(F)F)CC1. The van der Waals surface area contributed by atoms with Gasteiger partial charge >= 0.3 is 6.18 Å². The maximum atomic E-state index is 14.0. The van der Waals surface area contributed by atoms with E-state index >= 15 is 0 Å². The van der Waals surface area contributed by atoms with E-state index in [0.717, 1.165) is 0 Å². The summed E-state index contributed by atoms with van der Waals surface area (Å²) in [6.07, 6.45) is -4.25. The molecule has 0 spiro atoms. The second-order valence-corrected chi connectivity index (χ2v) is 5.48. The molecule has 1 aliphatic rings. The maximum Gasteiger partial charge on any atom is 0.401 e. The van der Waals surface area contributed by atoms with Gasteiger partial charge in [0.2, 0.25) is 0 Å². The lowest BCUT2D eigenvalue weighted by Gasteiger charge is -2.36. The Kier molecular flexibility index (Phi) is 5.08. The number of halogens is 6. The summed E-state index contributed by atoms with van der Waals surface area (Å²) >= 11 is 3.12. The van der Waals surface area contributed by atoms with Crippen LogP contribution in [0.15, 0.2) is 12.1 Å². The number of hydrogen-bond donors (Lipinski definition) is 0. The van der Waals surface area contributed by atoms with Gasteiger partial charge in [0.15, 0.2) is 0 Å². The van der Waals surface area contributed by atoms with Crippen LogP contribution in [-0.2, 0) is 5.33 Å². The molecule has 118 valence electrons. The fourth-order valence-electron chi connectivity index (χ4n) is 2.38. The minimum atomic E-state index is -4.25. The number of rotatable bonds is 3. The first-order valence-corrected chi connectivity index (χ1v) is 7.50. The molecule has 1 aromatic carbocycles. The highest BCUT2D eigenvalue weighted by Crippen LogP contribution is 2.27. The van der Waals surface area contributed by atoms with Gasteiger partial charge in [0.05, 0.1) is 6.54 Å². The Bertz CT molecular complexity index is 475. The largest absolute Gasteiger partial charge is 0.401 e. The second kappa shape index (κ2) is 6.48. The van der Waals surface area contributed by atoms with Crippen molar-refractivity contribution in [2.75, 3.05) is 37.6 Å². The molecule has 1 aliphatic heterocycles. The number of alkyl halides is 4. The molecule has 0 N–H and O–H groups in total. The Balaban J connectivity index is 2.06. The van der Waals surface area contributed by atoms with E-state index in [1.54, 1.807) is 0 Å². The van der Waals surface area contributed by atoms with Crippen molar-refractivity contribution in [3.63, 3.8) is 0 Å². The van der Waals surface area contributed by atoms with Crippen molar-refractivity contribution in [1.82, 2.24) is 4.90 Å². The van der Waals surface area contributed by atoms with Crippen LogP contribution in [0.2, 0.25) is 0 Å². The van der Waals surface area contributed by atoms with E-state index in [1.807, 2.05) is 0 Å². The molecule has 0 amide bonds. The Labute approximate surface area is 127 Å². The highest BCUT2D eigenvalue weighted by atomic mass is 79.9. The van der Waals surface area contributed by atoms with Crippen molar-refractivity contribution in [1.29, 1.82) is 0 Å². The molecule has 2 nitrogen and oxygen atoms in total. The number of anilines is 1. The zero-order chi connectivity index (χ0) is 15.6. The summed E-state index contributed by atoms with van der Waals surface area (Å²) in [7, 11) is 0. The first kappa shape index (κ1) is 16.5. The molecule has 21 heavy (non-hydrogen) atoms. The van der Waals surface area contributed by atoms with Gasteiger partial charge in [0.25, 0.3) is 0 Å². The number of nitrogens with zero attached hydrogens (tertiary/aromatic N) is 2. The Morgan fingerprint density at radius 3 is 1.95 bits per heavy atom. The lowest BCUT2D eigenvalue weighted by atomic mass is 10.1. The van der Waals surface area contributed by atoms with Crippen LogP contribution in [0.4, 0.5) is 27.6 Å². The first-order chi connectivity index (χ1) is 9.80. The van der Waals surface area contributed by atoms with E-state index in [9.17, 15) is 22.0 Å². The lowest BCUT2D eigenvalue weighted by Crippen LogP contribution is -2.49. The van der Waals surface area contributed by atoms with Crippen LogP contribution in [0.25, 0.3) is 0 Å². The van der Waals surface area contributed by atoms with E-state index in [1.165, 1.54) is 21.9 Å². The predicted octanol–water partition coefficient (Wildman–Crippen LogP) is 3.54. The van der Waals surface area contributed by atoms with Gasteiger partial charge in [-0.3, -0.25) is 4.90 Å². The van der Waals surface area contributed by atoms with Crippen molar-refractivity contribution in [3.05, 3.63) is 29.3 Å². The van der Waals surface area contributed by atoms with Gasteiger partial charge in [-0.05, 0) is 17.7 Å². The summed E-state index contributed by atoms with van der Waals surface area (Å²) in [6.45, 7) is -0.416. The molecular formula is C13H14BrF5N2. The molecule has 0 radical (unpaired) electrons. The van der Waals surface area contributed by atoms with Gasteiger partial charge in [-0.15, -0.1) is 0 Å². The third-order valence-corrected chi connectivity index (χ3v) is 3.97. The van der Waals surface area contributed by atoms with E-state index in [0.29, 0.717) is 10.9 Å². The third kappa shape index (κ3) is 4.29. The highest BCUT2D eigenvalue weighted by Gasteiger charge is 2.32. The number of piperazine rings is 1. The quantitative estimate of drug-likeness (QED) is 0.591. The van der Waals surface area contributed by atoms with Gasteiger partial charge in [0.1, 0.15) is 17.3 Å². The number of hydrogen-bond acceptors (Lipinski definition) is 2. The maximum absolute atomic E-state index is 14.0. The molecular weight excluding hydrogens is 359 g/mol. The van der Waals surface area contributed by atoms with Crippen LogP contribution in [0.5, 0.6) is 0 Å². The normalized spacial score (nSPS) is 17.3. The summed E-state index contributed by atoms with van der Waals surface area (Å²) in [5.74, 6) is -1.37. The average molecular weight is 373 g/mol. The van der Waals surface area contributed by atoms with Crippen LogP contribution in [0.1, 0.15) is 5.56 Å². The Morgan fingerprint density at radius 2 is 1.52 bits per heavy atom. The van der Waals surface area contributed by atoms with E-state index < -0.39 is 24.4 Å². The lowest BCUT2D eigenvalue weighted by molar-refractivity contribution is -0.146. The molecule has 1 aromatic rings. The fraction of sp³-hybridized carbons (Fsp3) is 0.538. The first-order valence-electron chi connectivity index (χ1n) is 6.38. The minimum Gasteiger partial charge on any atom is -0.364 e. The van der Waals surface area contributed by atoms with Crippen LogP contribution in [-0.4, -0.2) is 43.8 Å². The summed E-state index contributed by atoms with van der Waals surface area (Å²) in [5.41, 5.74) is 0.316. The summed E-state index contributed by atoms with van der Waals surface area (Å²) in [6, 6.07) is 2.46. The standard InChI is InChI=1S/C13H14BrF5N2/c14-7-9-5-10(15)12(11(16)6-9)21-3-1-20(2-4-21)8-13(17,18)19/h5-6H,1-4,7-8H2. The predicted molar refractivity (Wildman–Crippen MR) is 73.7 cm³/mol. The monoisotopic (exact) mass is 372 g/mol. The van der Waals surface area contributed by atoms with Gasteiger partial charge in [0, 0.05) is 31.5 Å². The zero-order valence-corrected chi connectivity index (χ0v) is 12.6. The van der Waals surface area contributed by atoms with Gasteiger partial charge in [-0.25, -0.2) is 8.78 Å². The fourth-order valence-corrected chi connectivity index (χ4v) is 2.70. The summed E-state index contributed by atoms with van der Waals surface area (Å²) in [4.78, 5) is 2.69. The minimum absolute atomic E-state index is 0.124. The molecule has 0 unspecified atom stereocenters. The van der Waals surface area contributed by atoms with E-state index in [-0.39, 0.29) is 31.9 Å². The zero-order valence-electron chi connectivity index (χ0n) is 11.1. The van der Waals surface area contributed by atoms with Crippen LogP contribution in [0.3, 0.4) is 0 Å².